The van der Waals surface area contributed by atoms with E-state index in [0.717, 1.165) is 6.42 Å². The summed E-state index contributed by atoms with van der Waals surface area (Å²) in [7, 11) is -0.0786. The van der Waals surface area contributed by atoms with E-state index in [2.05, 4.69) is 74.3 Å². The van der Waals surface area contributed by atoms with E-state index in [1.807, 2.05) is 0 Å². The molecule has 0 heterocycles. The largest absolute Gasteiger partial charge is 0.0773 e. The number of allylic oxidation sites excluding steroid dienone is 5. The molecule has 1 aromatic carbocycles. The van der Waals surface area contributed by atoms with Crippen molar-refractivity contribution in [3.05, 3.63) is 66.3 Å². The minimum absolute atomic E-state index is 0.0786. The van der Waals surface area contributed by atoms with E-state index >= 15 is 0 Å². The second-order valence-electron chi connectivity index (χ2n) is 4.68. The van der Waals surface area contributed by atoms with Gasteiger partial charge in [-0.15, -0.1) is 0 Å². The first-order valence-electron chi connectivity index (χ1n) is 6.63. The molecular weight excluding hydrogens is 235 g/mol. The predicted molar refractivity (Wildman–Crippen MR) is 84.2 cm³/mol. The van der Waals surface area contributed by atoms with Gasteiger partial charge in [0.1, 0.15) is 0 Å². The highest BCUT2D eigenvalue weighted by Gasteiger charge is 2.14. The molecule has 1 atom stereocenters. The molecule has 0 fully saturated rings. The van der Waals surface area contributed by atoms with Gasteiger partial charge in [-0.05, 0) is 36.0 Å². The summed E-state index contributed by atoms with van der Waals surface area (Å²) in [6.07, 6.45) is 13.7. The van der Waals surface area contributed by atoms with Crippen LogP contribution in [0.1, 0.15) is 18.9 Å². The van der Waals surface area contributed by atoms with Crippen LogP contribution in [-0.4, -0.2) is 12.8 Å². The van der Waals surface area contributed by atoms with Gasteiger partial charge in [-0.25, -0.2) is 0 Å². The van der Waals surface area contributed by atoms with E-state index < -0.39 is 0 Å². The quantitative estimate of drug-likeness (QED) is 0.628. The zero-order valence-electron chi connectivity index (χ0n) is 11.2. The van der Waals surface area contributed by atoms with Crippen molar-refractivity contribution in [2.75, 3.05) is 12.8 Å². The summed E-state index contributed by atoms with van der Waals surface area (Å²) in [5, 5.41) is 1.56. The van der Waals surface area contributed by atoms with Crippen molar-refractivity contribution in [1.82, 2.24) is 0 Å². The zero-order chi connectivity index (χ0) is 12.8. The summed E-state index contributed by atoms with van der Waals surface area (Å²) >= 11 is 0. The molecule has 18 heavy (non-hydrogen) atoms. The lowest BCUT2D eigenvalue weighted by Crippen LogP contribution is -1.97. The molecule has 94 valence electrons. The Morgan fingerprint density at radius 3 is 2.44 bits per heavy atom. The molecule has 0 bridgehead atoms. The van der Waals surface area contributed by atoms with Crippen molar-refractivity contribution in [3.8, 4) is 0 Å². The lowest BCUT2D eigenvalue weighted by molar-refractivity contribution is 0.970. The number of hydrogen-bond acceptors (Lipinski definition) is 0. The van der Waals surface area contributed by atoms with Crippen molar-refractivity contribution >= 4 is 13.2 Å². The Balaban J connectivity index is 2.13. The van der Waals surface area contributed by atoms with Crippen LogP contribution in [0.15, 0.2) is 60.7 Å². The summed E-state index contributed by atoms with van der Waals surface area (Å²) in [4.78, 5) is 0. The van der Waals surface area contributed by atoms with Crippen LogP contribution in [0, 0.1) is 5.92 Å². The molecule has 0 saturated heterocycles. The van der Waals surface area contributed by atoms with Crippen LogP contribution in [-0.2, 0) is 0 Å². The number of benzene rings is 1. The molecule has 0 N–H and O–H groups in total. The molecule has 0 radical (unpaired) electrons. The molecule has 1 aliphatic rings. The average Bonchev–Trinajstić information content (AvgIpc) is 2.89. The Labute approximate surface area is 112 Å². The fourth-order valence-electron chi connectivity index (χ4n) is 2.31. The van der Waals surface area contributed by atoms with E-state index in [4.69, 9.17) is 0 Å². The van der Waals surface area contributed by atoms with Gasteiger partial charge < -0.3 is 0 Å². The Bertz CT molecular complexity index is 442. The first-order chi connectivity index (χ1) is 8.81. The van der Waals surface area contributed by atoms with Gasteiger partial charge in [0.2, 0.25) is 0 Å². The molecule has 1 aromatic rings. The van der Waals surface area contributed by atoms with Crippen LogP contribution in [0.5, 0.6) is 0 Å². The fraction of sp³-hybridized carbons (Fsp3) is 0.294. The van der Waals surface area contributed by atoms with Crippen molar-refractivity contribution < 1.29 is 0 Å². The summed E-state index contributed by atoms with van der Waals surface area (Å²) in [5.41, 5.74) is 1.40. The van der Waals surface area contributed by atoms with Gasteiger partial charge in [0.05, 0.1) is 0 Å². The molecule has 1 aliphatic carbocycles. The molecule has 1 unspecified atom stereocenters. The van der Waals surface area contributed by atoms with Gasteiger partial charge >= 0.3 is 0 Å². The zero-order valence-corrected chi connectivity index (χ0v) is 12.1. The summed E-state index contributed by atoms with van der Waals surface area (Å²) < 4.78 is 0. The Morgan fingerprint density at radius 2 is 1.83 bits per heavy atom. The Kier molecular flexibility index (Phi) is 4.96. The van der Waals surface area contributed by atoms with Gasteiger partial charge in [-0.3, -0.25) is 0 Å². The van der Waals surface area contributed by atoms with Gasteiger partial charge in [0.25, 0.3) is 0 Å². The van der Waals surface area contributed by atoms with Gasteiger partial charge in [0.15, 0.2) is 0 Å². The third-order valence-electron chi connectivity index (χ3n) is 3.19. The molecule has 0 nitrogen and oxygen atoms in total. The van der Waals surface area contributed by atoms with Gasteiger partial charge in [-0.1, -0.05) is 75.6 Å². The van der Waals surface area contributed by atoms with Crippen molar-refractivity contribution in [2.45, 2.75) is 13.3 Å². The minimum Gasteiger partial charge on any atom is -0.0773 e. The molecule has 0 aromatic heterocycles. The fourth-order valence-corrected chi connectivity index (χ4v) is 4.47. The van der Waals surface area contributed by atoms with Crippen molar-refractivity contribution in [1.29, 1.82) is 0 Å². The third kappa shape index (κ3) is 3.43. The van der Waals surface area contributed by atoms with Crippen molar-refractivity contribution in [3.63, 3.8) is 0 Å². The monoisotopic (exact) mass is 256 g/mol. The van der Waals surface area contributed by atoms with E-state index in [1.54, 1.807) is 5.31 Å². The topological polar surface area (TPSA) is 0 Å². The second-order valence-corrected chi connectivity index (χ2v) is 6.92. The molecule has 2 rings (SSSR count). The predicted octanol–water partition coefficient (Wildman–Crippen LogP) is 5.29. The second kappa shape index (κ2) is 6.71. The number of rotatable bonds is 5. The number of hydrogen-bond donors (Lipinski definition) is 0. The molecule has 0 spiro atoms. The third-order valence-corrected chi connectivity index (χ3v) is 5.42. The lowest BCUT2D eigenvalue weighted by atomic mass is 10.2. The van der Waals surface area contributed by atoms with Gasteiger partial charge in [0, 0.05) is 0 Å². The highest BCUT2D eigenvalue weighted by molar-refractivity contribution is 7.67. The van der Waals surface area contributed by atoms with Crippen LogP contribution >= 0.6 is 7.92 Å². The molecule has 0 amide bonds. The molecule has 0 saturated carbocycles. The highest BCUT2D eigenvalue weighted by atomic mass is 31.1. The average molecular weight is 256 g/mol. The van der Waals surface area contributed by atoms with Crippen LogP contribution < -0.4 is 0 Å². The SMILES string of the molecule is CCC=C(c1ccccc1)P(C)CC1C=CC=C1. The molecule has 1 heteroatoms. The normalized spacial score (nSPS) is 17.3. The van der Waals surface area contributed by atoms with E-state index in [0.29, 0.717) is 5.92 Å². The van der Waals surface area contributed by atoms with Crippen LogP contribution in [0.2, 0.25) is 0 Å². The summed E-state index contributed by atoms with van der Waals surface area (Å²) in [5.74, 6) is 0.644. The van der Waals surface area contributed by atoms with E-state index in [-0.39, 0.29) is 7.92 Å². The van der Waals surface area contributed by atoms with Crippen LogP contribution in [0.3, 0.4) is 0 Å². The maximum atomic E-state index is 2.41. The lowest BCUT2D eigenvalue weighted by Gasteiger charge is -2.19. The van der Waals surface area contributed by atoms with Gasteiger partial charge in [-0.2, -0.15) is 0 Å². The minimum atomic E-state index is -0.0786. The molecule has 0 aliphatic heterocycles. The summed E-state index contributed by atoms with van der Waals surface area (Å²) in [6.45, 7) is 4.63. The maximum Gasteiger partial charge on any atom is -0.000507 e. The van der Waals surface area contributed by atoms with Crippen LogP contribution in [0.25, 0.3) is 5.31 Å². The van der Waals surface area contributed by atoms with E-state index in [1.165, 1.54) is 11.7 Å². The Hall–Kier alpha value is -1.13. The summed E-state index contributed by atoms with van der Waals surface area (Å²) in [6, 6.07) is 10.8. The molecular formula is C17H21P. The first-order valence-corrected chi connectivity index (χ1v) is 8.60. The van der Waals surface area contributed by atoms with Crippen molar-refractivity contribution in [2.24, 2.45) is 5.92 Å². The smallest absolute Gasteiger partial charge is 0.000507 e. The maximum absolute atomic E-state index is 2.41. The van der Waals surface area contributed by atoms with E-state index in [9.17, 15) is 0 Å². The Morgan fingerprint density at radius 1 is 1.17 bits per heavy atom. The first kappa shape index (κ1) is 13.3. The standard InChI is InChI=1S/C17H21P/c1-3-9-17(16-12-5-4-6-13-16)18(2)14-15-10-7-8-11-15/h4-13,15H,3,14H2,1-2H3. The van der Waals surface area contributed by atoms with Crippen LogP contribution in [0.4, 0.5) is 0 Å². The highest BCUT2D eigenvalue weighted by Crippen LogP contribution is 2.49.